The Morgan fingerprint density at radius 1 is 1.50 bits per heavy atom. The zero-order valence-electron chi connectivity index (χ0n) is 7.17. The molecular formula is C9H14N2O. The van der Waals surface area contributed by atoms with Crippen LogP contribution in [0.1, 0.15) is 11.1 Å². The van der Waals surface area contributed by atoms with Crippen LogP contribution in [0, 0.1) is 6.92 Å². The molecule has 0 radical (unpaired) electrons. The molecule has 0 heterocycles. The van der Waals surface area contributed by atoms with Crippen molar-refractivity contribution in [2.24, 2.45) is 5.84 Å². The molecule has 1 rings (SSSR count). The molecule has 0 fully saturated rings. The molecule has 4 N–H and O–H groups in total. The fourth-order valence-electron chi connectivity index (χ4n) is 1.23. The van der Waals surface area contributed by atoms with Gasteiger partial charge >= 0.3 is 0 Å². The third-order valence-corrected chi connectivity index (χ3v) is 1.98. The Bertz CT molecular complexity index is 261. The van der Waals surface area contributed by atoms with Crippen molar-refractivity contribution in [1.29, 1.82) is 0 Å². The first-order valence-electron chi connectivity index (χ1n) is 3.95. The number of benzene rings is 1. The van der Waals surface area contributed by atoms with E-state index in [9.17, 15) is 0 Å². The number of rotatable bonds is 3. The van der Waals surface area contributed by atoms with Crippen molar-refractivity contribution in [1.82, 2.24) is 0 Å². The van der Waals surface area contributed by atoms with Crippen LogP contribution in [0.5, 0.6) is 0 Å². The van der Waals surface area contributed by atoms with Gasteiger partial charge in [-0.05, 0) is 30.5 Å². The lowest BCUT2D eigenvalue weighted by Gasteiger charge is -2.08. The van der Waals surface area contributed by atoms with E-state index in [2.05, 4.69) is 5.43 Å². The average molecular weight is 166 g/mol. The van der Waals surface area contributed by atoms with Crippen LogP contribution < -0.4 is 11.3 Å². The fourth-order valence-corrected chi connectivity index (χ4v) is 1.23. The van der Waals surface area contributed by atoms with Crippen molar-refractivity contribution >= 4 is 5.69 Å². The lowest BCUT2D eigenvalue weighted by Crippen LogP contribution is -2.09. The van der Waals surface area contributed by atoms with Crippen molar-refractivity contribution < 1.29 is 5.11 Å². The molecule has 0 spiro atoms. The van der Waals surface area contributed by atoms with Gasteiger partial charge in [0, 0.05) is 6.61 Å². The third-order valence-electron chi connectivity index (χ3n) is 1.98. The summed E-state index contributed by atoms with van der Waals surface area (Å²) >= 11 is 0. The molecule has 1 aromatic rings. The summed E-state index contributed by atoms with van der Waals surface area (Å²) in [5.74, 6) is 5.30. The molecule has 3 heteroatoms. The molecule has 0 aliphatic carbocycles. The predicted octanol–water partition coefficient (Wildman–Crippen LogP) is 0.815. The first-order chi connectivity index (χ1) is 5.79. The van der Waals surface area contributed by atoms with E-state index in [0.29, 0.717) is 6.42 Å². The first-order valence-corrected chi connectivity index (χ1v) is 3.95. The maximum absolute atomic E-state index is 8.76. The van der Waals surface area contributed by atoms with E-state index in [1.54, 1.807) is 0 Å². The molecule has 0 saturated carbocycles. The number of anilines is 1. The van der Waals surface area contributed by atoms with Crippen LogP contribution >= 0.6 is 0 Å². The van der Waals surface area contributed by atoms with Crippen LogP contribution in [0.25, 0.3) is 0 Å². The van der Waals surface area contributed by atoms with Gasteiger partial charge in [-0.25, -0.2) is 0 Å². The largest absolute Gasteiger partial charge is 0.396 e. The highest BCUT2D eigenvalue weighted by Crippen LogP contribution is 2.17. The molecule has 0 aliphatic rings. The molecule has 3 nitrogen and oxygen atoms in total. The SMILES string of the molecule is Cc1c(CCO)cccc1NN. The summed E-state index contributed by atoms with van der Waals surface area (Å²) in [6, 6.07) is 5.83. The summed E-state index contributed by atoms with van der Waals surface area (Å²) < 4.78 is 0. The minimum Gasteiger partial charge on any atom is -0.396 e. The average Bonchev–Trinajstić information content (AvgIpc) is 2.09. The quantitative estimate of drug-likeness (QED) is 0.460. The Labute approximate surface area is 72.2 Å². The number of nitrogens with one attached hydrogen (secondary N) is 1. The molecule has 66 valence electrons. The van der Waals surface area contributed by atoms with E-state index < -0.39 is 0 Å². The fraction of sp³-hybridized carbons (Fsp3) is 0.333. The topological polar surface area (TPSA) is 58.3 Å². The van der Waals surface area contributed by atoms with E-state index in [-0.39, 0.29) is 6.61 Å². The second-order valence-corrected chi connectivity index (χ2v) is 2.71. The van der Waals surface area contributed by atoms with Gasteiger partial charge in [-0.2, -0.15) is 0 Å². The molecule has 0 bridgehead atoms. The van der Waals surface area contributed by atoms with Crippen molar-refractivity contribution in [2.45, 2.75) is 13.3 Å². The summed E-state index contributed by atoms with van der Waals surface area (Å²) in [6.07, 6.45) is 0.682. The zero-order valence-corrected chi connectivity index (χ0v) is 7.17. The van der Waals surface area contributed by atoms with E-state index in [4.69, 9.17) is 10.9 Å². The molecule has 0 atom stereocenters. The zero-order chi connectivity index (χ0) is 8.97. The van der Waals surface area contributed by atoms with Crippen molar-refractivity contribution in [3.63, 3.8) is 0 Å². The number of nitrogens with two attached hydrogens (primary N) is 1. The van der Waals surface area contributed by atoms with Crippen LogP contribution in [0.4, 0.5) is 5.69 Å². The van der Waals surface area contributed by atoms with Gasteiger partial charge in [-0.15, -0.1) is 0 Å². The van der Waals surface area contributed by atoms with Gasteiger partial charge in [-0.3, -0.25) is 5.84 Å². The number of hydrogen-bond acceptors (Lipinski definition) is 3. The van der Waals surface area contributed by atoms with Gasteiger partial charge in [-0.1, -0.05) is 12.1 Å². The molecule has 0 aliphatic heterocycles. The number of aliphatic hydroxyl groups excluding tert-OH is 1. The number of hydrazine groups is 1. The molecule has 0 unspecified atom stereocenters. The van der Waals surface area contributed by atoms with Crippen LogP contribution in [0.2, 0.25) is 0 Å². The molecule has 1 aromatic carbocycles. The van der Waals surface area contributed by atoms with Crippen LogP contribution in [-0.2, 0) is 6.42 Å². The Balaban J connectivity index is 2.97. The third kappa shape index (κ3) is 1.75. The Morgan fingerprint density at radius 3 is 2.83 bits per heavy atom. The number of nitrogen functional groups attached to an aromatic ring is 1. The summed E-state index contributed by atoms with van der Waals surface area (Å²) in [5, 5.41) is 8.76. The van der Waals surface area contributed by atoms with Gasteiger partial charge in [0.2, 0.25) is 0 Å². The number of hydrogen-bond donors (Lipinski definition) is 3. The van der Waals surface area contributed by atoms with Gasteiger partial charge in [0.25, 0.3) is 0 Å². The molecule has 0 saturated heterocycles. The van der Waals surface area contributed by atoms with Gasteiger partial charge in [0.1, 0.15) is 0 Å². The van der Waals surface area contributed by atoms with Crippen molar-refractivity contribution in [3.05, 3.63) is 29.3 Å². The lowest BCUT2D eigenvalue weighted by atomic mass is 10.0. The second-order valence-electron chi connectivity index (χ2n) is 2.71. The predicted molar refractivity (Wildman–Crippen MR) is 49.8 cm³/mol. The Morgan fingerprint density at radius 2 is 2.25 bits per heavy atom. The van der Waals surface area contributed by atoms with Gasteiger partial charge < -0.3 is 10.5 Å². The molecular weight excluding hydrogens is 152 g/mol. The van der Waals surface area contributed by atoms with E-state index in [1.807, 2.05) is 25.1 Å². The summed E-state index contributed by atoms with van der Waals surface area (Å²) in [6.45, 7) is 2.16. The highest BCUT2D eigenvalue weighted by molar-refractivity contribution is 5.53. The minimum absolute atomic E-state index is 0.175. The van der Waals surface area contributed by atoms with Crippen molar-refractivity contribution in [2.75, 3.05) is 12.0 Å². The monoisotopic (exact) mass is 166 g/mol. The Hall–Kier alpha value is -1.06. The number of aliphatic hydroxyl groups is 1. The van der Waals surface area contributed by atoms with Gasteiger partial charge in [0.05, 0.1) is 5.69 Å². The Kier molecular flexibility index (Phi) is 3.08. The highest BCUT2D eigenvalue weighted by Gasteiger charge is 2.00. The molecule has 12 heavy (non-hydrogen) atoms. The smallest absolute Gasteiger partial charge is 0.0517 e. The maximum atomic E-state index is 8.76. The summed E-state index contributed by atoms with van der Waals surface area (Å²) in [4.78, 5) is 0. The highest BCUT2D eigenvalue weighted by atomic mass is 16.2. The van der Waals surface area contributed by atoms with Crippen LogP contribution in [0.3, 0.4) is 0 Å². The lowest BCUT2D eigenvalue weighted by molar-refractivity contribution is 0.299. The second kappa shape index (κ2) is 4.09. The minimum atomic E-state index is 0.175. The molecule has 0 aromatic heterocycles. The van der Waals surface area contributed by atoms with E-state index in [0.717, 1.165) is 16.8 Å². The normalized spacial score (nSPS) is 9.92. The van der Waals surface area contributed by atoms with E-state index in [1.165, 1.54) is 0 Å². The maximum Gasteiger partial charge on any atom is 0.0517 e. The molecule has 0 amide bonds. The van der Waals surface area contributed by atoms with Gasteiger partial charge in [0.15, 0.2) is 0 Å². The standard InChI is InChI=1S/C9H14N2O/c1-7-8(5-6-12)3-2-4-9(7)11-10/h2-4,11-12H,5-6,10H2,1H3. The summed E-state index contributed by atoms with van der Waals surface area (Å²) in [7, 11) is 0. The first kappa shape index (κ1) is 9.03. The van der Waals surface area contributed by atoms with Crippen LogP contribution in [0.15, 0.2) is 18.2 Å². The van der Waals surface area contributed by atoms with Crippen molar-refractivity contribution in [3.8, 4) is 0 Å². The van der Waals surface area contributed by atoms with Crippen LogP contribution in [-0.4, -0.2) is 11.7 Å². The van der Waals surface area contributed by atoms with E-state index >= 15 is 0 Å². The summed E-state index contributed by atoms with van der Waals surface area (Å²) in [5.41, 5.74) is 5.77.